The molecular weight excluding hydrogens is 408 g/mol. The van der Waals surface area contributed by atoms with E-state index in [0.29, 0.717) is 5.69 Å². The number of benzene rings is 2. The van der Waals surface area contributed by atoms with E-state index in [2.05, 4.69) is 49.5 Å². The molecule has 0 spiro atoms. The molecule has 158 valence electrons. The first-order valence-corrected chi connectivity index (χ1v) is 11.4. The molecule has 3 aliphatic rings. The molecule has 1 heterocycles. The van der Waals surface area contributed by atoms with Crippen molar-refractivity contribution in [3.8, 4) is 0 Å². The summed E-state index contributed by atoms with van der Waals surface area (Å²) >= 11 is 1.66. The van der Waals surface area contributed by atoms with Crippen LogP contribution in [-0.4, -0.2) is 29.2 Å². The van der Waals surface area contributed by atoms with Gasteiger partial charge in [0.15, 0.2) is 0 Å². The van der Waals surface area contributed by atoms with Crippen LogP contribution < -0.4 is 5.32 Å². The molecule has 1 saturated heterocycles. The van der Waals surface area contributed by atoms with Gasteiger partial charge in [-0.3, -0.25) is 19.3 Å². The predicted octanol–water partition coefficient (Wildman–Crippen LogP) is 4.20. The van der Waals surface area contributed by atoms with Gasteiger partial charge in [0.1, 0.15) is 6.54 Å². The fraction of sp³-hybridized carbons (Fsp3) is 0.320. The monoisotopic (exact) mass is 432 g/mol. The third kappa shape index (κ3) is 3.59. The molecule has 4 unspecified atom stereocenters. The Bertz CT molecular complexity index is 1080. The van der Waals surface area contributed by atoms with E-state index in [1.165, 1.54) is 16.0 Å². The molecule has 5 rings (SSSR count). The van der Waals surface area contributed by atoms with E-state index in [9.17, 15) is 14.4 Å². The van der Waals surface area contributed by atoms with Crippen molar-refractivity contribution in [2.75, 3.05) is 11.9 Å². The van der Waals surface area contributed by atoms with Crippen molar-refractivity contribution in [1.29, 1.82) is 0 Å². The topological polar surface area (TPSA) is 66.5 Å². The number of carbonyl (C=O) groups is 3. The quantitative estimate of drug-likeness (QED) is 0.568. The molecule has 5 nitrogen and oxygen atoms in total. The number of nitrogens with zero attached hydrogens (tertiary/aromatic N) is 1. The first kappa shape index (κ1) is 20.1. The first-order valence-electron chi connectivity index (χ1n) is 10.6. The molecular formula is C25H24N2O3S. The van der Waals surface area contributed by atoms with E-state index in [4.69, 9.17) is 0 Å². The van der Waals surface area contributed by atoms with Gasteiger partial charge in [-0.2, -0.15) is 0 Å². The molecule has 2 aromatic rings. The van der Waals surface area contributed by atoms with Gasteiger partial charge >= 0.3 is 0 Å². The Morgan fingerprint density at radius 1 is 0.935 bits per heavy atom. The molecule has 6 heteroatoms. The number of anilines is 1. The molecule has 2 aliphatic carbocycles. The Balaban J connectivity index is 1.20. The third-order valence-electron chi connectivity index (χ3n) is 6.72. The maximum absolute atomic E-state index is 12.7. The van der Waals surface area contributed by atoms with E-state index in [-0.39, 0.29) is 47.9 Å². The molecule has 2 aromatic carbocycles. The molecule has 0 radical (unpaired) electrons. The predicted molar refractivity (Wildman–Crippen MR) is 120 cm³/mol. The summed E-state index contributed by atoms with van der Waals surface area (Å²) in [6.45, 7) is 3.98. The minimum Gasteiger partial charge on any atom is -0.325 e. The number of hydrogen-bond acceptors (Lipinski definition) is 4. The van der Waals surface area contributed by atoms with Crippen LogP contribution in [-0.2, 0) is 14.4 Å². The first-order chi connectivity index (χ1) is 14.9. The molecule has 2 bridgehead atoms. The smallest absolute Gasteiger partial charge is 0.244 e. The highest BCUT2D eigenvalue weighted by molar-refractivity contribution is 7.99. The second kappa shape index (κ2) is 7.68. The van der Waals surface area contributed by atoms with Crippen molar-refractivity contribution in [2.45, 2.75) is 30.1 Å². The zero-order valence-corrected chi connectivity index (χ0v) is 18.3. The summed E-state index contributed by atoms with van der Waals surface area (Å²) in [4.78, 5) is 41.4. The zero-order valence-electron chi connectivity index (χ0n) is 17.5. The van der Waals surface area contributed by atoms with E-state index in [1.807, 2.05) is 24.3 Å². The third-order valence-corrected chi connectivity index (χ3v) is 7.71. The number of amides is 3. The SMILES string of the molecule is Cc1ccc(Sc2ccc(NC(=O)CN3C(=O)C4C5C=CC(C5)C4C3=O)cc2)cc1C. The van der Waals surface area contributed by atoms with Crippen LogP contribution in [0.15, 0.2) is 64.4 Å². The van der Waals surface area contributed by atoms with Gasteiger partial charge in [-0.1, -0.05) is 30.0 Å². The zero-order chi connectivity index (χ0) is 21.7. The fourth-order valence-corrected chi connectivity index (χ4v) is 5.90. The minimum absolute atomic E-state index is 0.155. The molecule has 1 N–H and O–H groups in total. The number of allylic oxidation sites excluding steroid dienone is 2. The van der Waals surface area contributed by atoms with E-state index in [0.717, 1.165) is 16.2 Å². The largest absolute Gasteiger partial charge is 0.325 e. The van der Waals surface area contributed by atoms with Crippen molar-refractivity contribution in [3.05, 3.63) is 65.7 Å². The minimum atomic E-state index is -0.350. The fourth-order valence-electron chi connectivity index (χ4n) is 4.98. The normalized spacial score (nSPS) is 25.9. The van der Waals surface area contributed by atoms with Crippen LogP contribution in [0.2, 0.25) is 0 Å². The van der Waals surface area contributed by atoms with Crippen LogP contribution in [0, 0.1) is 37.5 Å². The van der Waals surface area contributed by atoms with Gasteiger partial charge in [0, 0.05) is 15.5 Å². The van der Waals surface area contributed by atoms with Crippen molar-refractivity contribution in [1.82, 2.24) is 4.90 Å². The number of hydrogen-bond donors (Lipinski definition) is 1. The maximum atomic E-state index is 12.7. The second-order valence-corrected chi connectivity index (χ2v) is 9.83. The highest BCUT2D eigenvalue weighted by Gasteiger charge is 2.59. The number of likely N-dealkylation sites (tertiary alicyclic amines) is 1. The lowest BCUT2D eigenvalue weighted by molar-refractivity contribution is -0.143. The molecule has 1 aliphatic heterocycles. The van der Waals surface area contributed by atoms with Gasteiger partial charge in [-0.05, 0) is 79.6 Å². The van der Waals surface area contributed by atoms with Crippen LogP contribution >= 0.6 is 11.8 Å². The van der Waals surface area contributed by atoms with Gasteiger partial charge < -0.3 is 5.32 Å². The second-order valence-electron chi connectivity index (χ2n) is 8.68. The highest BCUT2D eigenvalue weighted by Crippen LogP contribution is 2.52. The molecule has 2 fully saturated rings. The Morgan fingerprint density at radius 2 is 1.55 bits per heavy atom. The highest BCUT2D eigenvalue weighted by atomic mass is 32.2. The number of nitrogens with one attached hydrogen (secondary N) is 1. The molecule has 1 saturated carbocycles. The van der Waals surface area contributed by atoms with Gasteiger partial charge in [0.05, 0.1) is 11.8 Å². The van der Waals surface area contributed by atoms with Gasteiger partial charge in [-0.15, -0.1) is 0 Å². The summed E-state index contributed by atoms with van der Waals surface area (Å²) in [5.74, 6) is -0.960. The van der Waals surface area contributed by atoms with Gasteiger partial charge in [-0.25, -0.2) is 0 Å². The summed E-state index contributed by atoms with van der Waals surface area (Å²) in [5.41, 5.74) is 3.17. The molecule has 31 heavy (non-hydrogen) atoms. The molecule has 4 atom stereocenters. The van der Waals surface area contributed by atoms with Crippen LogP contribution in [0.4, 0.5) is 5.69 Å². The van der Waals surface area contributed by atoms with E-state index >= 15 is 0 Å². The number of carbonyl (C=O) groups excluding carboxylic acids is 3. The van der Waals surface area contributed by atoms with Gasteiger partial charge in [0.2, 0.25) is 17.7 Å². The summed E-state index contributed by atoms with van der Waals surface area (Å²) in [6.07, 6.45) is 5.00. The Hall–Kier alpha value is -2.86. The Kier molecular flexibility index (Phi) is 4.97. The standard InChI is InChI=1S/C25H24N2O3S/c1-14-3-8-20(11-15(14)2)31-19-9-6-18(7-10-19)26-21(28)13-27-24(29)22-16-4-5-17(12-16)23(22)25(27)30/h3-11,16-17,22-23H,12-13H2,1-2H3,(H,26,28). The van der Waals surface area contributed by atoms with Crippen molar-refractivity contribution in [2.24, 2.45) is 23.7 Å². The van der Waals surface area contributed by atoms with Crippen molar-refractivity contribution in [3.63, 3.8) is 0 Å². The Labute approximate surface area is 185 Å². The van der Waals surface area contributed by atoms with Crippen LogP contribution in [0.5, 0.6) is 0 Å². The average Bonchev–Trinajstić information content (AvgIpc) is 3.42. The van der Waals surface area contributed by atoms with Crippen LogP contribution in [0.25, 0.3) is 0 Å². The maximum Gasteiger partial charge on any atom is 0.244 e. The lowest BCUT2D eigenvalue weighted by Crippen LogP contribution is -2.39. The van der Waals surface area contributed by atoms with Crippen molar-refractivity contribution >= 4 is 35.2 Å². The summed E-state index contributed by atoms with van der Waals surface area (Å²) in [7, 11) is 0. The lowest BCUT2D eigenvalue weighted by atomic mass is 9.85. The molecule has 0 aromatic heterocycles. The van der Waals surface area contributed by atoms with Crippen LogP contribution in [0.3, 0.4) is 0 Å². The van der Waals surface area contributed by atoms with Crippen LogP contribution in [0.1, 0.15) is 17.5 Å². The Morgan fingerprint density at radius 3 is 2.16 bits per heavy atom. The summed E-state index contributed by atoms with van der Waals surface area (Å²) in [5, 5.41) is 2.81. The van der Waals surface area contributed by atoms with Gasteiger partial charge in [0.25, 0.3) is 0 Å². The van der Waals surface area contributed by atoms with Crippen molar-refractivity contribution < 1.29 is 14.4 Å². The summed E-state index contributed by atoms with van der Waals surface area (Å²) < 4.78 is 0. The van der Waals surface area contributed by atoms with E-state index < -0.39 is 0 Å². The number of rotatable bonds is 5. The number of imide groups is 1. The average molecular weight is 433 g/mol. The lowest BCUT2D eigenvalue weighted by Gasteiger charge is -2.17. The van der Waals surface area contributed by atoms with E-state index in [1.54, 1.807) is 11.8 Å². The number of fused-ring (bicyclic) bond motifs is 5. The molecule has 3 amide bonds. The number of aryl methyl sites for hydroxylation is 2. The summed E-state index contributed by atoms with van der Waals surface area (Å²) in [6, 6.07) is 14.0.